The van der Waals surface area contributed by atoms with Crippen LogP contribution in [-0.4, -0.2) is 4.08 Å². The first-order valence-electron chi connectivity index (χ1n) is 8.99. The average molecular weight is 379 g/mol. The molecule has 0 N–H and O–H groups in total. The van der Waals surface area contributed by atoms with Crippen LogP contribution in [-0.2, 0) is 6.42 Å². The Morgan fingerprint density at radius 1 is 0.654 bits per heavy atom. The number of rotatable bonds is 6. The lowest BCUT2D eigenvalue weighted by Gasteiger charge is -2.29. The fourth-order valence-electron chi connectivity index (χ4n) is 3.03. The summed E-state index contributed by atoms with van der Waals surface area (Å²) in [5, 5.41) is 0. The van der Waals surface area contributed by atoms with Crippen LogP contribution in [0.3, 0.4) is 0 Å². The van der Waals surface area contributed by atoms with E-state index in [1.807, 2.05) is 23.5 Å². The second-order valence-corrected chi connectivity index (χ2v) is 10.5. The van der Waals surface area contributed by atoms with Gasteiger partial charge in [0.05, 0.1) is 4.08 Å². The van der Waals surface area contributed by atoms with Gasteiger partial charge in [0.25, 0.3) is 0 Å². The maximum atomic E-state index is 2.37. The lowest BCUT2D eigenvalue weighted by molar-refractivity contribution is 0.877. The van der Waals surface area contributed by atoms with Gasteiger partial charge in [0.15, 0.2) is 0 Å². The Labute approximate surface area is 166 Å². The standard InChI is InChI=1S/C24H26S2/c1-18-11-13-21(14-12-18)17-24(4,25-22-9-5-7-19(2)15-22)26-23-10-6-8-20(3)16-23/h5-16H,17H2,1-4H3. The molecule has 0 aromatic heterocycles. The van der Waals surface area contributed by atoms with Gasteiger partial charge in [0.1, 0.15) is 0 Å². The zero-order chi connectivity index (χ0) is 18.6. The van der Waals surface area contributed by atoms with E-state index in [0.717, 1.165) is 6.42 Å². The van der Waals surface area contributed by atoms with Gasteiger partial charge >= 0.3 is 0 Å². The summed E-state index contributed by atoms with van der Waals surface area (Å²) in [5.74, 6) is 0. The Morgan fingerprint density at radius 2 is 1.15 bits per heavy atom. The average Bonchev–Trinajstić information content (AvgIpc) is 2.57. The van der Waals surface area contributed by atoms with Crippen molar-refractivity contribution in [3.63, 3.8) is 0 Å². The summed E-state index contributed by atoms with van der Waals surface area (Å²) in [4.78, 5) is 2.67. The van der Waals surface area contributed by atoms with Crippen LogP contribution in [0.25, 0.3) is 0 Å². The molecule has 0 aliphatic heterocycles. The van der Waals surface area contributed by atoms with Crippen molar-refractivity contribution in [3.8, 4) is 0 Å². The molecule has 26 heavy (non-hydrogen) atoms. The molecule has 0 amide bonds. The predicted molar refractivity (Wildman–Crippen MR) is 117 cm³/mol. The highest BCUT2D eigenvalue weighted by Crippen LogP contribution is 2.47. The van der Waals surface area contributed by atoms with Crippen molar-refractivity contribution < 1.29 is 0 Å². The van der Waals surface area contributed by atoms with Crippen molar-refractivity contribution in [3.05, 3.63) is 95.1 Å². The van der Waals surface area contributed by atoms with Gasteiger partial charge in [-0.05, 0) is 63.9 Å². The Kier molecular flexibility index (Phi) is 6.16. The molecule has 0 atom stereocenters. The zero-order valence-corrected chi connectivity index (χ0v) is 17.6. The molecule has 3 aromatic carbocycles. The molecule has 0 aliphatic carbocycles. The summed E-state index contributed by atoms with van der Waals surface area (Å²) >= 11 is 3.94. The van der Waals surface area contributed by atoms with E-state index in [1.165, 1.54) is 32.0 Å². The van der Waals surface area contributed by atoms with E-state index in [2.05, 4.69) is 100 Å². The Balaban J connectivity index is 1.89. The maximum Gasteiger partial charge on any atom is 0.0717 e. The quantitative estimate of drug-likeness (QED) is 0.322. The molecular weight excluding hydrogens is 352 g/mol. The molecule has 0 radical (unpaired) electrons. The second-order valence-electron chi connectivity index (χ2n) is 7.13. The molecule has 3 aromatic rings. The molecule has 0 saturated carbocycles. The van der Waals surface area contributed by atoms with E-state index < -0.39 is 0 Å². The van der Waals surface area contributed by atoms with Crippen LogP contribution in [0.5, 0.6) is 0 Å². The van der Waals surface area contributed by atoms with Crippen LogP contribution in [0.2, 0.25) is 0 Å². The highest BCUT2D eigenvalue weighted by Gasteiger charge is 2.28. The minimum atomic E-state index is 0.0246. The Bertz CT molecular complexity index is 818. The van der Waals surface area contributed by atoms with Crippen LogP contribution in [0.1, 0.15) is 29.2 Å². The van der Waals surface area contributed by atoms with E-state index in [0.29, 0.717) is 0 Å². The third-order valence-electron chi connectivity index (χ3n) is 4.29. The fourth-order valence-corrected chi connectivity index (χ4v) is 6.03. The van der Waals surface area contributed by atoms with Crippen LogP contribution < -0.4 is 0 Å². The van der Waals surface area contributed by atoms with E-state index in [-0.39, 0.29) is 4.08 Å². The second kappa shape index (κ2) is 8.37. The highest BCUT2D eigenvalue weighted by atomic mass is 32.2. The van der Waals surface area contributed by atoms with Crippen molar-refractivity contribution >= 4 is 23.5 Å². The third kappa shape index (κ3) is 5.43. The van der Waals surface area contributed by atoms with Crippen molar-refractivity contribution in [1.82, 2.24) is 0 Å². The molecule has 134 valence electrons. The van der Waals surface area contributed by atoms with E-state index in [1.54, 1.807) is 0 Å². The zero-order valence-electron chi connectivity index (χ0n) is 16.0. The minimum absolute atomic E-state index is 0.0246. The Morgan fingerprint density at radius 3 is 1.62 bits per heavy atom. The van der Waals surface area contributed by atoms with E-state index in [9.17, 15) is 0 Å². The van der Waals surface area contributed by atoms with Gasteiger partial charge in [-0.25, -0.2) is 0 Å². The van der Waals surface area contributed by atoms with Gasteiger partial charge in [-0.2, -0.15) is 0 Å². The summed E-state index contributed by atoms with van der Waals surface area (Å²) < 4.78 is 0.0246. The van der Waals surface area contributed by atoms with Crippen LogP contribution in [0.15, 0.2) is 82.6 Å². The summed E-state index contributed by atoms with van der Waals surface area (Å²) in [6, 6.07) is 26.6. The van der Waals surface area contributed by atoms with Crippen LogP contribution in [0, 0.1) is 20.8 Å². The van der Waals surface area contributed by atoms with Crippen molar-refractivity contribution in [2.24, 2.45) is 0 Å². The minimum Gasteiger partial charge on any atom is -0.108 e. The van der Waals surface area contributed by atoms with Crippen LogP contribution >= 0.6 is 23.5 Å². The number of hydrogen-bond donors (Lipinski definition) is 0. The van der Waals surface area contributed by atoms with Gasteiger partial charge in [-0.15, -0.1) is 23.5 Å². The molecular formula is C24H26S2. The lowest BCUT2D eigenvalue weighted by atomic mass is 10.1. The molecule has 0 unspecified atom stereocenters. The van der Waals surface area contributed by atoms with Gasteiger partial charge < -0.3 is 0 Å². The highest BCUT2D eigenvalue weighted by molar-refractivity contribution is 8.18. The molecule has 0 heterocycles. The summed E-state index contributed by atoms with van der Waals surface area (Å²) in [5.41, 5.74) is 5.33. The number of thioether (sulfide) groups is 2. The molecule has 0 spiro atoms. The molecule has 0 nitrogen and oxygen atoms in total. The van der Waals surface area contributed by atoms with Crippen molar-refractivity contribution in [2.45, 2.75) is 48.0 Å². The van der Waals surface area contributed by atoms with Gasteiger partial charge in [0, 0.05) is 9.79 Å². The molecule has 3 rings (SSSR count). The molecule has 0 saturated heterocycles. The summed E-state index contributed by atoms with van der Waals surface area (Å²) in [7, 11) is 0. The van der Waals surface area contributed by atoms with Crippen molar-refractivity contribution in [2.75, 3.05) is 0 Å². The largest absolute Gasteiger partial charge is 0.108 e. The molecule has 0 aliphatic rings. The summed E-state index contributed by atoms with van der Waals surface area (Å²) in [6.07, 6.45) is 1.02. The molecule has 0 fully saturated rings. The number of hydrogen-bond acceptors (Lipinski definition) is 2. The van der Waals surface area contributed by atoms with Crippen LogP contribution in [0.4, 0.5) is 0 Å². The maximum absolute atomic E-state index is 2.37. The normalized spacial score (nSPS) is 11.5. The Hall–Kier alpha value is -1.64. The topological polar surface area (TPSA) is 0 Å². The number of benzene rings is 3. The number of aryl methyl sites for hydroxylation is 3. The van der Waals surface area contributed by atoms with Gasteiger partial charge in [0.2, 0.25) is 0 Å². The predicted octanol–water partition coefficient (Wildman–Crippen LogP) is 7.46. The fraction of sp³-hybridized carbons (Fsp3) is 0.250. The van der Waals surface area contributed by atoms with Gasteiger partial charge in [-0.1, -0.05) is 65.2 Å². The van der Waals surface area contributed by atoms with Crippen molar-refractivity contribution in [1.29, 1.82) is 0 Å². The third-order valence-corrected chi connectivity index (χ3v) is 6.92. The first-order valence-corrected chi connectivity index (χ1v) is 10.6. The molecule has 0 bridgehead atoms. The monoisotopic (exact) mass is 378 g/mol. The molecule has 2 heteroatoms. The smallest absolute Gasteiger partial charge is 0.0717 e. The summed E-state index contributed by atoms with van der Waals surface area (Å²) in [6.45, 7) is 8.84. The van der Waals surface area contributed by atoms with Gasteiger partial charge in [-0.3, -0.25) is 0 Å². The lowest BCUT2D eigenvalue weighted by Crippen LogP contribution is -2.18. The SMILES string of the molecule is Cc1ccc(CC(C)(Sc2cccc(C)c2)Sc2cccc(C)c2)cc1. The first kappa shape index (κ1) is 19.1. The first-order chi connectivity index (χ1) is 12.4. The van der Waals surface area contributed by atoms with E-state index >= 15 is 0 Å². The van der Waals surface area contributed by atoms with E-state index in [4.69, 9.17) is 0 Å².